The number of hydrogen-bond donors (Lipinski definition) is 1. The molecule has 1 N–H and O–H groups in total. The molecule has 1 saturated heterocycles. The molecule has 0 aromatic rings. The number of amides is 2. The molecule has 2 rings (SSSR count). The van der Waals surface area contributed by atoms with Gasteiger partial charge in [-0.1, -0.05) is 0 Å². The molecule has 2 aliphatic rings. The predicted molar refractivity (Wildman–Crippen MR) is 67.9 cm³/mol. The van der Waals surface area contributed by atoms with Crippen molar-refractivity contribution in [2.45, 2.75) is 18.9 Å². The molecule has 2 amide bonds. The third kappa shape index (κ3) is 2.64. The highest BCUT2D eigenvalue weighted by atomic mass is 16.5. The average molecular weight is 283 g/mol. The second kappa shape index (κ2) is 5.58. The molecular formula is C12H17N3O5. The summed E-state index contributed by atoms with van der Waals surface area (Å²) in [4.78, 5) is 36.1. The SMILES string of the molecule is CN1N=C(C(=O)N(C)C2COCC2C(=O)O)CCC1=O. The first-order valence-electron chi connectivity index (χ1n) is 6.33. The fraction of sp³-hybridized carbons (Fsp3) is 0.667. The van der Waals surface area contributed by atoms with E-state index in [-0.39, 0.29) is 43.6 Å². The molecule has 0 spiro atoms. The van der Waals surface area contributed by atoms with E-state index in [2.05, 4.69) is 5.10 Å². The molecule has 2 heterocycles. The van der Waals surface area contributed by atoms with E-state index in [9.17, 15) is 14.4 Å². The van der Waals surface area contributed by atoms with Crippen molar-refractivity contribution in [3.8, 4) is 0 Å². The molecule has 8 heteroatoms. The first kappa shape index (κ1) is 14.4. The Labute approximate surface area is 116 Å². The lowest BCUT2D eigenvalue weighted by atomic mass is 10.0. The van der Waals surface area contributed by atoms with Crippen LogP contribution in [0.5, 0.6) is 0 Å². The van der Waals surface area contributed by atoms with Crippen molar-refractivity contribution in [3.05, 3.63) is 0 Å². The number of aliphatic carboxylic acids is 1. The van der Waals surface area contributed by atoms with E-state index >= 15 is 0 Å². The Kier molecular flexibility index (Phi) is 4.03. The van der Waals surface area contributed by atoms with Gasteiger partial charge in [0.2, 0.25) is 5.91 Å². The quantitative estimate of drug-likeness (QED) is 0.727. The molecule has 0 aromatic carbocycles. The summed E-state index contributed by atoms with van der Waals surface area (Å²) < 4.78 is 5.15. The minimum Gasteiger partial charge on any atom is -0.481 e. The summed E-state index contributed by atoms with van der Waals surface area (Å²) in [6.07, 6.45) is 0.510. The first-order chi connectivity index (χ1) is 9.41. The average Bonchev–Trinajstić information content (AvgIpc) is 2.89. The third-order valence-electron chi connectivity index (χ3n) is 3.64. The monoisotopic (exact) mass is 283 g/mol. The van der Waals surface area contributed by atoms with E-state index < -0.39 is 17.9 Å². The molecule has 20 heavy (non-hydrogen) atoms. The van der Waals surface area contributed by atoms with Crippen LogP contribution in [0.4, 0.5) is 0 Å². The summed E-state index contributed by atoms with van der Waals surface area (Å²) in [7, 11) is 3.03. The van der Waals surface area contributed by atoms with E-state index in [1.165, 1.54) is 19.0 Å². The van der Waals surface area contributed by atoms with Gasteiger partial charge in [-0.2, -0.15) is 5.10 Å². The second-order valence-corrected chi connectivity index (χ2v) is 4.93. The Hall–Kier alpha value is -1.96. The number of likely N-dealkylation sites (N-methyl/N-ethyl adjacent to an activating group) is 1. The van der Waals surface area contributed by atoms with Gasteiger partial charge in [-0.3, -0.25) is 14.4 Å². The van der Waals surface area contributed by atoms with E-state index in [1.807, 2.05) is 0 Å². The lowest BCUT2D eigenvalue weighted by Crippen LogP contribution is -2.48. The van der Waals surface area contributed by atoms with Gasteiger partial charge in [0.1, 0.15) is 11.6 Å². The zero-order valence-electron chi connectivity index (χ0n) is 11.4. The molecule has 2 atom stereocenters. The number of carbonyl (C=O) groups excluding carboxylic acids is 2. The summed E-state index contributed by atoms with van der Waals surface area (Å²) in [5, 5.41) is 14.2. The van der Waals surface area contributed by atoms with E-state index in [0.29, 0.717) is 0 Å². The van der Waals surface area contributed by atoms with Crippen LogP contribution in [0, 0.1) is 5.92 Å². The van der Waals surface area contributed by atoms with Crippen molar-refractivity contribution in [3.63, 3.8) is 0 Å². The second-order valence-electron chi connectivity index (χ2n) is 4.93. The summed E-state index contributed by atoms with van der Waals surface area (Å²) in [5.74, 6) is -2.21. The fourth-order valence-electron chi connectivity index (χ4n) is 2.34. The van der Waals surface area contributed by atoms with Crippen LogP contribution in [-0.2, 0) is 19.1 Å². The smallest absolute Gasteiger partial charge is 0.311 e. The maximum atomic E-state index is 12.3. The summed E-state index contributed by atoms with van der Waals surface area (Å²) in [6.45, 7) is 0.295. The molecule has 0 saturated carbocycles. The van der Waals surface area contributed by atoms with Crippen LogP contribution in [0.2, 0.25) is 0 Å². The van der Waals surface area contributed by atoms with Gasteiger partial charge in [0, 0.05) is 26.9 Å². The molecule has 2 aliphatic heterocycles. The lowest BCUT2D eigenvalue weighted by molar-refractivity contribution is -0.143. The summed E-state index contributed by atoms with van der Waals surface area (Å²) >= 11 is 0. The number of nitrogens with zero attached hydrogens (tertiary/aromatic N) is 3. The number of hydrazone groups is 1. The van der Waals surface area contributed by atoms with Gasteiger partial charge < -0.3 is 14.7 Å². The minimum absolute atomic E-state index is 0.0997. The van der Waals surface area contributed by atoms with Crippen LogP contribution >= 0.6 is 0 Å². The Bertz CT molecular complexity index is 476. The van der Waals surface area contributed by atoms with Gasteiger partial charge in [-0.05, 0) is 0 Å². The Balaban J connectivity index is 2.11. The number of ether oxygens (including phenoxy) is 1. The summed E-state index contributed by atoms with van der Waals surface area (Å²) in [6, 6.07) is -0.509. The standard InChI is InChI=1S/C12H17N3O5/c1-14(9-6-20-5-7(9)12(18)19)11(17)8-3-4-10(16)15(2)13-8/h7,9H,3-6H2,1-2H3,(H,18,19). The number of hydrogen-bond acceptors (Lipinski definition) is 5. The van der Waals surface area contributed by atoms with Crippen LogP contribution in [0.25, 0.3) is 0 Å². The zero-order valence-corrected chi connectivity index (χ0v) is 11.4. The van der Waals surface area contributed by atoms with Crippen molar-refractivity contribution in [1.29, 1.82) is 0 Å². The fourth-order valence-corrected chi connectivity index (χ4v) is 2.34. The normalized spacial score (nSPS) is 26.4. The van der Waals surface area contributed by atoms with Crippen LogP contribution < -0.4 is 0 Å². The maximum absolute atomic E-state index is 12.3. The van der Waals surface area contributed by atoms with Crippen molar-refractivity contribution in [1.82, 2.24) is 9.91 Å². The molecule has 0 aromatic heterocycles. The largest absolute Gasteiger partial charge is 0.481 e. The number of rotatable bonds is 3. The molecule has 0 bridgehead atoms. The minimum atomic E-state index is -0.981. The number of carboxylic acids is 1. The van der Waals surface area contributed by atoms with Crippen molar-refractivity contribution in [2.24, 2.45) is 11.0 Å². The van der Waals surface area contributed by atoms with Gasteiger partial charge >= 0.3 is 5.97 Å². The molecule has 0 aliphatic carbocycles. The van der Waals surface area contributed by atoms with Crippen LogP contribution in [-0.4, -0.2) is 71.9 Å². The van der Waals surface area contributed by atoms with Gasteiger partial charge in [-0.25, -0.2) is 5.01 Å². The molecule has 2 unspecified atom stereocenters. The number of carbonyl (C=O) groups is 3. The Morgan fingerprint density at radius 2 is 2.10 bits per heavy atom. The lowest BCUT2D eigenvalue weighted by Gasteiger charge is -2.28. The third-order valence-corrected chi connectivity index (χ3v) is 3.64. The molecule has 1 fully saturated rings. The maximum Gasteiger partial charge on any atom is 0.311 e. The topological polar surface area (TPSA) is 99.5 Å². The molecule has 110 valence electrons. The van der Waals surface area contributed by atoms with E-state index in [0.717, 1.165) is 5.01 Å². The molecular weight excluding hydrogens is 266 g/mol. The Morgan fingerprint density at radius 1 is 1.40 bits per heavy atom. The molecule has 8 nitrogen and oxygen atoms in total. The number of carboxylic acid groups (broad SMARTS) is 1. The highest BCUT2D eigenvalue weighted by Gasteiger charge is 2.39. The van der Waals surface area contributed by atoms with E-state index in [4.69, 9.17) is 9.84 Å². The highest BCUT2D eigenvalue weighted by molar-refractivity contribution is 6.39. The van der Waals surface area contributed by atoms with E-state index in [1.54, 1.807) is 0 Å². The van der Waals surface area contributed by atoms with Crippen LogP contribution in [0.3, 0.4) is 0 Å². The van der Waals surface area contributed by atoms with Crippen molar-refractivity contribution < 1.29 is 24.2 Å². The van der Waals surface area contributed by atoms with Gasteiger partial charge in [0.25, 0.3) is 5.91 Å². The predicted octanol–water partition coefficient (Wildman–Crippen LogP) is -0.847. The van der Waals surface area contributed by atoms with Gasteiger partial charge in [0.05, 0.1) is 19.3 Å². The van der Waals surface area contributed by atoms with Crippen molar-refractivity contribution >= 4 is 23.5 Å². The van der Waals surface area contributed by atoms with Gasteiger partial charge in [0.15, 0.2) is 0 Å². The van der Waals surface area contributed by atoms with Gasteiger partial charge in [-0.15, -0.1) is 0 Å². The van der Waals surface area contributed by atoms with Crippen LogP contribution in [0.15, 0.2) is 5.10 Å². The van der Waals surface area contributed by atoms with Crippen LogP contribution in [0.1, 0.15) is 12.8 Å². The Morgan fingerprint density at radius 3 is 2.70 bits per heavy atom. The zero-order chi connectivity index (χ0) is 14.9. The summed E-state index contributed by atoms with van der Waals surface area (Å²) in [5.41, 5.74) is 0.269. The van der Waals surface area contributed by atoms with Crippen molar-refractivity contribution in [2.75, 3.05) is 27.3 Å². The molecule has 0 radical (unpaired) electrons. The first-order valence-corrected chi connectivity index (χ1v) is 6.33. The highest BCUT2D eigenvalue weighted by Crippen LogP contribution is 2.20.